The number of hydrogen-bond donors (Lipinski definition) is 1. The average molecular weight is 464 g/mol. The predicted octanol–water partition coefficient (Wildman–Crippen LogP) is 4.28. The Labute approximate surface area is 196 Å². The van der Waals surface area contributed by atoms with E-state index in [9.17, 15) is 14.0 Å². The highest BCUT2D eigenvalue weighted by Crippen LogP contribution is 2.32. The van der Waals surface area contributed by atoms with Gasteiger partial charge < -0.3 is 19.7 Å². The Morgan fingerprint density at radius 2 is 1.97 bits per heavy atom. The highest BCUT2D eigenvalue weighted by atomic mass is 19.1. The van der Waals surface area contributed by atoms with Gasteiger partial charge >= 0.3 is 6.09 Å². The molecule has 0 saturated carbocycles. The standard InChI is InChI=1S/C25H25FN4O4/c1-33-21-11-5-10-19(26)23(21)20-13-22(28-16-27-20)29-24(31)18-9-6-12-30(14-18)25(32)34-15-17-7-3-2-4-8-17/h2-5,7-8,10-11,13,16,18H,6,9,12,14-15H2,1H3,(H,27,28,29,31). The van der Waals surface area contributed by atoms with Crippen molar-refractivity contribution in [1.82, 2.24) is 14.9 Å². The zero-order chi connectivity index (χ0) is 23.9. The van der Waals surface area contributed by atoms with E-state index in [1.807, 2.05) is 30.3 Å². The molecule has 4 rings (SSSR count). The first-order valence-electron chi connectivity index (χ1n) is 11.0. The van der Waals surface area contributed by atoms with Gasteiger partial charge in [-0.15, -0.1) is 0 Å². The van der Waals surface area contributed by atoms with Gasteiger partial charge in [0.2, 0.25) is 5.91 Å². The van der Waals surface area contributed by atoms with Crippen LogP contribution in [0.4, 0.5) is 15.0 Å². The summed E-state index contributed by atoms with van der Waals surface area (Å²) in [6.07, 6.45) is 2.12. The van der Waals surface area contributed by atoms with Crippen molar-refractivity contribution in [2.75, 3.05) is 25.5 Å². The maximum Gasteiger partial charge on any atom is 0.410 e. The molecule has 1 saturated heterocycles. The highest BCUT2D eigenvalue weighted by molar-refractivity contribution is 5.92. The van der Waals surface area contributed by atoms with Crippen molar-refractivity contribution < 1.29 is 23.5 Å². The molecule has 0 bridgehead atoms. The van der Waals surface area contributed by atoms with Crippen molar-refractivity contribution in [3.63, 3.8) is 0 Å². The van der Waals surface area contributed by atoms with Gasteiger partial charge in [0, 0.05) is 19.2 Å². The lowest BCUT2D eigenvalue weighted by molar-refractivity contribution is -0.121. The number of nitrogens with zero attached hydrogens (tertiary/aromatic N) is 3. The van der Waals surface area contributed by atoms with Gasteiger partial charge in [0.05, 0.1) is 24.3 Å². The number of amides is 2. The summed E-state index contributed by atoms with van der Waals surface area (Å²) in [6.45, 7) is 0.955. The number of hydrogen-bond acceptors (Lipinski definition) is 6. The van der Waals surface area contributed by atoms with E-state index in [-0.39, 0.29) is 36.1 Å². The third kappa shape index (κ3) is 5.48. The minimum Gasteiger partial charge on any atom is -0.496 e. The number of anilines is 1. The van der Waals surface area contributed by atoms with E-state index < -0.39 is 17.8 Å². The molecule has 34 heavy (non-hydrogen) atoms. The monoisotopic (exact) mass is 464 g/mol. The van der Waals surface area contributed by atoms with Crippen LogP contribution in [-0.2, 0) is 16.1 Å². The summed E-state index contributed by atoms with van der Waals surface area (Å²) in [5, 5.41) is 2.76. The van der Waals surface area contributed by atoms with Crippen molar-refractivity contribution in [3.8, 4) is 17.0 Å². The van der Waals surface area contributed by atoms with Gasteiger partial charge in [0.15, 0.2) is 0 Å². The molecular formula is C25H25FN4O4. The van der Waals surface area contributed by atoms with Crippen molar-refractivity contribution in [3.05, 3.63) is 72.3 Å². The molecule has 1 atom stereocenters. The highest BCUT2D eigenvalue weighted by Gasteiger charge is 2.29. The molecule has 2 aromatic carbocycles. The predicted molar refractivity (Wildman–Crippen MR) is 124 cm³/mol. The molecule has 2 amide bonds. The molecule has 1 N–H and O–H groups in total. The Bertz CT molecular complexity index is 1160. The average Bonchev–Trinajstić information content (AvgIpc) is 2.88. The number of ether oxygens (including phenoxy) is 2. The molecule has 1 fully saturated rings. The van der Waals surface area contributed by atoms with Gasteiger partial charge in [0.1, 0.15) is 30.3 Å². The number of piperidine rings is 1. The van der Waals surface area contributed by atoms with Crippen molar-refractivity contribution in [2.45, 2.75) is 19.4 Å². The summed E-state index contributed by atoms with van der Waals surface area (Å²) in [5.41, 5.74) is 1.37. The number of likely N-dealkylation sites (tertiary alicyclic amines) is 1. The van der Waals surface area contributed by atoms with Crippen molar-refractivity contribution >= 4 is 17.8 Å². The lowest BCUT2D eigenvalue weighted by atomic mass is 9.97. The number of carbonyl (C=O) groups is 2. The quantitative estimate of drug-likeness (QED) is 0.585. The normalized spacial score (nSPS) is 15.5. The SMILES string of the molecule is COc1cccc(F)c1-c1cc(NC(=O)C2CCCN(C(=O)OCc3ccccc3)C2)ncn1. The third-order valence-corrected chi connectivity index (χ3v) is 5.63. The van der Waals surface area contributed by atoms with Gasteiger partial charge in [-0.2, -0.15) is 0 Å². The van der Waals surface area contributed by atoms with E-state index in [0.29, 0.717) is 25.1 Å². The smallest absolute Gasteiger partial charge is 0.410 e. The molecule has 1 unspecified atom stereocenters. The fourth-order valence-corrected chi connectivity index (χ4v) is 3.88. The Kier molecular flexibility index (Phi) is 7.31. The second kappa shape index (κ2) is 10.7. The van der Waals surface area contributed by atoms with Gasteiger partial charge in [-0.25, -0.2) is 19.2 Å². The molecule has 1 aliphatic heterocycles. The van der Waals surface area contributed by atoms with Crippen LogP contribution in [0.1, 0.15) is 18.4 Å². The first kappa shape index (κ1) is 23.2. The second-order valence-electron chi connectivity index (χ2n) is 7.92. The summed E-state index contributed by atoms with van der Waals surface area (Å²) >= 11 is 0. The van der Waals surface area contributed by atoms with Crippen LogP contribution in [0, 0.1) is 11.7 Å². The van der Waals surface area contributed by atoms with E-state index in [0.717, 1.165) is 5.56 Å². The lowest BCUT2D eigenvalue weighted by Gasteiger charge is -2.31. The summed E-state index contributed by atoms with van der Waals surface area (Å²) in [7, 11) is 1.45. The van der Waals surface area contributed by atoms with Crippen LogP contribution in [0.2, 0.25) is 0 Å². The zero-order valence-corrected chi connectivity index (χ0v) is 18.7. The molecule has 1 aromatic heterocycles. The maximum absolute atomic E-state index is 14.4. The minimum absolute atomic E-state index is 0.177. The number of halogens is 1. The Hall–Kier alpha value is -4.01. The van der Waals surface area contributed by atoms with Gasteiger partial charge in [-0.1, -0.05) is 36.4 Å². The fraction of sp³-hybridized carbons (Fsp3) is 0.280. The van der Waals surface area contributed by atoms with E-state index >= 15 is 0 Å². The number of nitrogens with one attached hydrogen (secondary N) is 1. The largest absolute Gasteiger partial charge is 0.496 e. The molecule has 0 aliphatic carbocycles. The minimum atomic E-state index is -0.493. The molecule has 176 valence electrons. The number of rotatable bonds is 6. The van der Waals surface area contributed by atoms with Crippen molar-refractivity contribution in [2.24, 2.45) is 5.92 Å². The molecular weight excluding hydrogens is 439 g/mol. The molecule has 9 heteroatoms. The van der Waals surface area contributed by atoms with Crippen molar-refractivity contribution in [1.29, 1.82) is 0 Å². The van der Waals surface area contributed by atoms with Gasteiger partial charge in [0.25, 0.3) is 0 Å². The van der Waals surface area contributed by atoms with Gasteiger partial charge in [-0.3, -0.25) is 4.79 Å². The van der Waals surface area contributed by atoms with Crippen LogP contribution in [0.3, 0.4) is 0 Å². The fourth-order valence-electron chi connectivity index (χ4n) is 3.88. The van der Waals surface area contributed by atoms with Crippen LogP contribution in [0.5, 0.6) is 5.75 Å². The Balaban J connectivity index is 1.39. The van der Waals surface area contributed by atoms with E-state index in [1.165, 1.54) is 25.6 Å². The molecule has 1 aliphatic rings. The number of methoxy groups -OCH3 is 1. The van der Waals surface area contributed by atoms with Gasteiger partial charge in [-0.05, 0) is 30.5 Å². The zero-order valence-electron chi connectivity index (χ0n) is 18.7. The summed E-state index contributed by atoms with van der Waals surface area (Å²) < 4.78 is 25.1. The topological polar surface area (TPSA) is 93.7 Å². The molecule has 8 nitrogen and oxygen atoms in total. The first-order valence-corrected chi connectivity index (χ1v) is 11.0. The Morgan fingerprint density at radius 1 is 1.15 bits per heavy atom. The van der Waals surface area contributed by atoms with Crippen LogP contribution in [0.15, 0.2) is 60.9 Å². The third-order valence-electron chi connectivity index (χ3n) is 5.63. The van der Waals surface area contributed by atoms with Crippen LogP contribution < -0.4 is 10.1 Å². The molecule has 0 radical (unpaired) electrons. The first-order chi connectivity index (χ1) is 16.5. The number of carbonyl (C=O) groups excluding carboxylic acids is 2. The number of benzene rings is 2. The Morgan fingerprint density at radius 3 is 2.76 bits per heavy atom. The van der Waals surface area contributed by atoms with E-state index in [2.05, 4.69) is 15.3 Å². The maximum atomic E-state index is 14.4. The summed E-state index contributed by atoms with van der Waals surface area (Å²) in [6, 6.07) is 15.4. The van der Waals surface area contributed by atoms with Crippen LogP contribution in [0.25, 0.3) is 11.3 Å². The summed E-state index contributed by atoms with van der Waals surface area (Å²) in [5.74, 6) is -0.616. The van der Waals surface area contributed by atoms with Crippen LogP contribution >= 0.6 is 0 Å². The molecule has 0 spiro atoms. The number of aromatic nitrogens is 2. The lowest BCUT2D eigenvalue weighted by Crippen LogP contribution is -2.44. The van der Waals surface area contributed by atoms with E-state index in [1.54, 1.807) is 17.0 Å². The summed E-state index contributed by atoms with van der Waals surface area (Å²) in [4.78, 5) is 35.2. The van der Waals surface area contributed by atoms with Crippen LogP contribution in [-0.4, -0.2) is 47.1 Å². The molecule has 3 aromatic rings. The van der Waals surface area contributed by atoms with E-state index in [4.69, 9.17) is 9.47 Å². The molecule has 2 heterocycles. The second-order valence-corrected chi connectivity index (χ2v) is 7.92.